The van der Waals surface area contributed by atoms with Gasteiger partial charge in [-0.15, -0.1) is 0 Å². The molecule has 0 saturated heterocycles. The first-order valence-corrected chi connectivity index (χ1v) is 6.19. The van der Waals surface area contributed by atoms with Crippen LogP contribution in [0.2, 0.25) is 20.4 Å². The number of hydrogen-bond acceptors (Lipinski definition) is 2. The summed E-state index contributed by atoms with van der Waals surface area (Å²) >= 11 is 23.7. The average molecular weight is 308 g/mol. The summed E-state index contributed by atoms with van der Waals surface area (Å²) in [6.07, 6.45) is 0.388. The third-order valence-electron chi connectivity index (χ3n) is 2.11. The van der Waals surface area contributed by atoms with Crippen LogP contribution in [0.5, 0.6) is 0 Å². The minimum absolute atomic E-state index is 0.295. The Morgan fingerprint density at radius 3 is 1.94 bits per heavy atom. The first kappa shape index (κ1) is 12.9. The molecular formula is C11H6Cl4N2. The number of hydrogen-bond donors (Lipinski definition) is 0. The quantitative estimate of drug-likeness (QED) is 0.753. The number of aromatic nitrogens is 2. The van der Waals surface area contributed by atoms with Crippen LogP contribution in [0.3, 0.4) is 0 Å². The van der Waals surface area contributed by atoms with Crippen molar-refractivity contribution >= 4 is 46.4 Å². The van der Waals surface area contributed by atoms with E-state index in [9.17, 15) is 0 Å². The molecule has 17 heavy (non-hydrogen) atoms. The molecule has 0 fully saturated rings. The molecular weight excluding hydrogens is 302 g/mol. The van der Waals surface area contributed by atoms with E-state index in [1.807, 2.05) is 0 Å². The molecule has 0 saturated carbocycles. The highest BCUT2D eigenvalue weighted by Crippen LogP contribution is 2.26. The Hall–Kier alpha value is -0.540. The first-order valence-electron chi connectivity index (χ1n) is 4.68. The monoisotopic (exact) mass is 306 g/mol. The Kier molecular flexibility index (Phi) is 4.10. The van der Waals surface area contributed by atoms with Gasteiger partial charge in [-0.25, -0.2) is 9.97 Å². The van der Waals surface area contributed by atoms with Crippen LogP contribution in [0.1, 0.15) is 11.4 Å². The van der Waals surface area contributed by atoms with Crippen LogP contribution < -0.4 is 0 Å². The van der Waals surface area contributed by atoms with Crippen molar-refractivity contribution in [3.05, 3.63) is 56.0 Å². The zero-order valence-electron chi connectivity index (χ0n) is 8.42. The van der Waals surface area contributed by atoms with E-state index < -0.39 is 0 Å². The molecule has 1 aromatic heterocycles. The fourth-order valence-electron chi connectivity index (χ4n) is 1.37. The molecule has 2 rings (SSSR count). The normalized spacial score (nSPS) is 10.6. The highest BCUT2D eigenvalue weighted by molar-refractivity contribution is 6.36. The summed E-state index contributed by atoms with van der Waals surface area (Å²) in [6.45, 7) is 0. The SMILES string of the molecule is Clc1cc(Cl)nc(Cc2c(Cl)cccc2Cl)n1. The van der Waals surface area contributed by atoms with Gasteiger partial charge in [-0.3, -0.25) is 0 Å². The molecule has 6 heteroatoms. The van der Waals surface area contributed by atoms with Gasteiger partial charge in [0, 0.05) is 22.5 Å². The maximum Gasteiger partial charge on any atom is 0.136 e. The second kappa shape index (κ2) is 5.40. The molecule has 88 valence electrons. The molecule has 0 amide bonds. The van der Waals surface area contributed by atoms with E-state index >= 15 is 0 Å². The van der Waals surface area contributed by atoms with Gasteiger partial charge in [-0.2, -0.15) is 0 Å². The zero-order chi connectivity index (χ0) is 12.4. The van der Waals surface area contributed by atoms with Gasteiger partial charge in [0.2, 0.25) is 0 Å². The molecule has 0 unspecified atom stereocenters. The van der Waals surface area contributed by atoms with Crippen molar-refractivity contribution in [1.82, 2.24) is 9.97 Å². The zero-order valence-corrected chi connectivity index (χ0v) is 11.4. The molecule has 0 spiro atoms. The molecule has 0 radical (unpaired) electrons. The highest BCUT2D eigenvalue weighted by atomic mass is 35.5. The van der Waals surface area contributed by atoms with Crippen molar-refractivity contribution in [1.29, 1.82) is 0 Å². The standard InChI is InChI=1S/C11H6Cl4N2/c12-7-2-1-3-8(13)6(7)4-11-16-9(14)5-10(15)17-11/h1-3,5H,4H2. The molecule has 1 heterocycles. The lowest BCUT2D eigenvalue weighted by Gasteiger charge is -2.06. The summed E-state index contributed by atoms with van der Waals surface area (Å²) in [7, 11) is 0. The van der Waals surface area contributed by atoms with Crippen LogP contribution in [0.4, 0.5) is 0 Å². The van der Waals surface area contributed by atoms with Crippen LogP contribution in [0.15, 0.2) is 24.3 Å². The lowest BCUT2D eigenvalue weighted by atomic mass is 10.1. The second-order valence-corrected chi connectivity index (χ2v) is 4.90. The lowest BCUT2D eigenvalue weighted by molar-refractivity contribution is 0.969. The minimum atomic E-state index is 0.295. The van der Waals surface area contributed by atoms with Crippen molar-refractivity contribution in [2.45, 2.75) is 6.42 Å². The highest BCUT2D eigenvalue weighted by Gasteiger charge is 2.09. The summed E-state index contributed by atoms with van der Waals surface area (Å²) in [5.41, 5.74) is 0.758. The predicted molar refractivity (Wildman–Crippen MR) is 71.3 cm³/mol. The molecule has 0 aliphatic carbocycles. The van der Waals surface area contributed by atoms with E-state index in [4.69, 9.17) is 46.4 Å². The molecule has 0 aliphatic heterocycles. The minimum Gasteiger partial charge on any atom is -0.221 e. The van der Waals surface area contributed by atoms with Crippen LogP contribution in [0.25, 0.3) is 0 Å². The average Bonchev–Trinajstić information content (AvgIpc) is 2.22. The Morgan fingerprint density at radius 2 is 1.41 bits per heavy atom. The summed E-state index contributed by atoms with van der Waals surface area (Å²) in [5.74, 6) is 0.484. The van der Waals surface area contributed by atoms with Crippen LogP contribution >= 0.6 is 46.4 Å². The summed E-state index contributed by atoms with van der Waals surface area (Å²) in [6, 6.07) is 6.77. The van der Waals surface area contributed by atoms with Gasteiger partial charge in [0.05, 0.1) is 0 Å². The predicted octanol–water partition coefficient (Wildman–Crippen LogP) is 4.68. The van der Waals surface area contributed by atoms with Gasteiger partial charge >= 0.3 is 0 Å². The fourth-order valence-corrected chi connectivity index (χ4v) is 2.36. The summed E-state index contributed by atoms with van der Waals surface area (Å²) < 4.78 is 0. The van der Waals surface area contributed by atoms with Gasteiger partial charge in [0.25, 0.3) is 0 Å². The van der Waals surface area contributed by atoms with Gasteiger partial charge in [-0.1, -0.05) is 52.5 Å². The third-order valence-corrected chi connectivity index (χ3v) is 3.20. The van der Waals surface area contributed by atoms with E-state index in [-0.39, 0.29) is 0 Å². The number of nitrogens with zero attached hydrogens (tertiary/aromatic N) is 2. The Labute approximate surface area is 119 Å². The van der Waals surface area contributed by atoms with Gasteiger partial charge in [0.1, 0.15) is 16.1 Å². The van der Waals surface area contributed by atoms with E-state index in [0.717, 1.165) is 5.56 Å². The molecule has 0 N–H and O–H groups in total. The summed E-state index contributed by atoms with van der Waals surface area (Å²) in [5, 5.41) is 1.72. The smallest absolute Gasteiger partial charge is 0.136 e. The van der Waals surface area contributed by atoms with Gasteiger partial charge in [0.15, 0.2) is 0 Å². The number of halogens is 4. The molecule has 0 bridgehead atoms. The van der Waals surface area contributed by atoms with Crippen LogP contribution in [-0.4, -0.2) is 9.97 Å². The topological polar surface area (TPSA) is 25.8 Å². The molecule has 1 aromatic carbocycles. The van der Waals surface area contributed by atoms with Crippen LogP contribution in [0, 0.1) is 0 Å². The van der Waals surface area contributed by atoms with E-state index in [2.05, 4.69) is 9.97 Å². The Bertz CT molecular complexity index is 517. The maximum atomic E-state index is 6.05. The fraction of sp³-hybridized carbons (Fsp3) is 0.0909. The van der Waals surface area contributed by atoms with Gasteiger partial charge in [-0.05, 0) is 17.7 Å². The van der Waals surface area contributed by atoms with Crippen molar-refractivity contribution < 1.29 is 0 Å². The van der Waals surface area contributed by atoms with Crippen molar-refractivity contribution in [3.8, 4) is 0 Å². The van der Waals surface area contributed by atoms with Crippen molar-refractivity contribution in [2.24, 2.45) is 0 Å². The van der Waals surface area contributed by atoms with Crippen LogP contribution in [-0.2, 0) is 6.42 Å². The van der Waals surface area contributed by atoms with Gasteiger partial charge < -0.3 is 0 Å². The first-order chi connectivity index (χ1) is 8.06. The largest absolute Gasteiger partial charge is 0.221 e. The van der Waals surface area contributed by atoms with Crippen molar-refractivity contribution in [2.75, 3.05) is 0 Å². The molecule has 0 aliphatic rings. The summed E-state index contributed by atoms with van der Waals surface area (Å²) in [4.78, 5) is 8.13. The van der Waals surface area contributed by atoms with E-state index in [1.54, 1.807) is 18.2 Å². The molecule has 2 nitrogen and oxygen atoms in total. The Balaban J connectivity index is 2.38. The number of rotatable bonds is 2. The lowest BCUT2D eigenvalue weighted by Crippen LogP contribution is -1.98. The number of benzene rings is 1. The molecule has 2 aromatic rings. The molecule has 0 atom stereocenters. The maximum absolute atomic E-state index is 6.05. The van der Waals surface area contributed by atoms with Crippen molar-refractivity contribution in [3.63, 3.8) is 0 Å². The van der Waals surface area contributed by atoms with E-state index in [1.165, 1.54) is 6.07 Å². The van der Waals surface area contributed by atoms with E-state index in [0.29, 0.717) is 32.6 Å². The second-order valence-electron chi connectivity index (χ2n) is 3.31. The Morgan fingerprint density at radius 1 is 0.882 bits per heavy atom. The third kappa shape index (κ3) is 3.23.